The van der Waals surface area contributed by atoms with Crippen LogP contribution >= 0.6 is 11.8 Å². The highest BCUT2D eigenvalue weighted by Gasteiger charge is 2.56. The van der Waals surface area contributed by atoms with Gasteiger partial charge in [0.1, 0.15) is 6.61 Å². The first-order valence-electron chi connectivity index (χ1n) is 11.9. The molecule has 2 aromatic carbocycles. The first kappa shape index (κ1) is 24.6. The highest BCUT2D eigenvalue weighted by Crippen LogP contribution is 2.43. The van der Waals surface area contributed by atoms with Gasteiger partial charge in [0, 0.05) is 37.7 Å². The van der Waals surface area contributed by atoms with Crippen LogP contribution in [0.1, 0.15) is 11.3 Å². The summed E-state index contributed by atoms with van der Waals surface area (Å²) in [6.45, 7) is 2.36. The van der Waals surface area contributed by atoms with E-state index in [0.717, 1.165) is 17.3 Å². The Labute approximate surface area is 223 Å². The van der Waals surface area contributed by atoms with Gasteiger partial charge in [0.25, 0.3) is 11.1 Å². The first-order chi connectivity index (χ1) is 18.3. The molecular weight excluding hydrogens is 526 g/mol. The fourth-order valence-corrected chi connectivity index (χ4v) is 7.08. The van der Waals surface area contributed by atoms with E-state index in [-0.39, 0.29) is 10.3 Å². The molecule has 4 heterocycles. The number of rotatable bonds is 7. The van der Waals surface area contributed by atoms with Gasteiger partial charge >= 0.3 is 0 Å². The maximum atomic E-state index is 12.9. The average Bonchev–Trinajstić information content (AvgIpc) is 3.18. The number of hydrogen-bond donors (Lipinski definition) is 1. The molecule has 3 saturated heterocycles. The summed E-state index contributed by atoms with van der Waals surface area (Å²) < 4.78 is 33.2. The molecule has 0 saturated carbocycles. The van der Waals surface area contributed by atoms with Gasteiger partial charge in [-0.25, -0.2) is 13.4 Å². The van der Waals surface area contributed by atoms with Crippen molar-refractivity contribution in [1.82, 2.24) is 19.6 Å². The lowest BCUT2D eigenvalue weighted by Crippen LogP contribution is -2.73. The van der Waals surface area contributed by atoms with Crippen molar-refractivity contribution in [2.75, 3.05) is 31.1 Å². The van der Waals surface area contributed by atoms with Crippen LogP contribution in [0.5, 0.6) is 5.88 Å². The van der Waals surface area contributed by atoms with Crippen molar-refractivity contribution in [3.05, 3.63) is 82.9 Å². The number of anilines is 1. The minimum atomic E-state index is -3.51. The SMILES string of the molecule is O=C1NC(=O)/C(=C/c2cc(OCc3ccccc3)nc(N3CC4(C3)CN(S(=O)(=O)c3ccccc3)C4)n2)S1. The minimum Gasteiger partial charge on any atom is -0.473 e. The Morgan fingerprint density at radius 2 is 1.66 bits per heavy atom. The summed E-state index contributed by atoms with van der Waals surface area (Å²) >= 11 is 0.816. The highest BCUT2D eigenvalue weighted by atomic mass is 32.2. The molecule has 3 fully saturated rings. The molecule has 0 unspecified atom stereocenters. The topological polar surface area (TPSA) is 122 Å². The van der Waals surface area contributed by atoms with Crippen molar-refractivity contribution >= 4 is 45.0 Å². The molecule has 3 aliphatic rings. The van der Waals surface area contributed by atoms with E-state index in [4.69, 9.17) is 4.74 Å². The van der Waals surface area contributed by atoms with E-state index in [1.165, 1.54) is 4.31 Å². The molecule has 2 amide bonds. The normalized spacial score (nSPS) is 19.8. The van der Waals surface area contributed by atoms with Crippen molar-refractivity contribution in [2.24, 2.45) is 5.41 Å². The van der Waals surface area contributed by atoms with Gasteiger partial charge in [-0.15, -0.1) is 0 Å². The monoisotopic (exact) mass is 549 g/mol. The average molecular weight is 550 g/mol. The van der Waals surface area contributed by atoms with Crippen molar-refractivity contribution in [2.45, 2.75) is 11.5 Å². The quantitative estimate of drug-likeness (QED) is 0.443. The van der Waals surface area contributed by atoms with Crippen molar-refractivity contribution < 1.29 is 22.7 Å². The molecule has 1 aromatic heterocycles. The van der Waals surface area contributed by atoms with Crippen LogP contribution in [0.25, 0.3) is 6.08 Å². The standard InChI is InChI=1S/C26H23N5O5S2/c32-23-21(37-25(33)29-23)11-19-12-22(36-13-18-7-3-1-4-8-18)28-24(27-19)30-14-26(15-30)16-31(17-26)38(34,35)20-9-5-2-6-10-20/h1-12H,13-17H2,(H,29,32,33)/b21-11-. The Balaban J connectivity index is 1.19. The number of nitrogens with one attached hydrogen (secondary N) is 1. The van der Waals surface area contributed by atoms with Gasteiger partial charge in [0.05, 0.1) is 15.5 Å². The van der Waals surface area contributed by atoms with Gasteiger partial charge in [0.2, 0.25) is 21.9 Å². The van der Waals surface area contributed by atoms with E-state index in [0.29, 0.717) is 55.2 Å². The molecule has 0 aliphatic carbocycles. The Bertz CT molecular complexity index is 1530. The molecule has 0 bridgehead atoms. The summed E-state index contributed by atoms with van der Waals surface area (Å²) in [5, 5.41) is 1.81. The van der Waals surface area contributed by atoms with E-state index >= 15 is 0 Å². The fourth-order valence-electron chi connectivity index (χ4n) is 4.72. The molecule has 3 aliphatic heterocycles. The lowest BCUT2D eigenvalue weighted by Gasteiger charge is -2.59. The summed E-state index contributed by atoms with van der Waals surface area (Å²) in [6.07, 6.45) is 1.54. The van der Waals surface area contributed by atoms with Crippen molar-refractivity contribution in [3.8, 4) is 5.88 Å². The van der Waals surface area contributed by atoms with Crippen molar-refractivity contribution in [3.63, 3.8) is 0 Å². The zero-order valence-electron chi connectivity index (χ0n) is 20.1. The summed E-state index contributed by atoms with van der Waals surface area (Å²) in [4.78, 5) is 35.3. The number of aromatic nitrogens is 2. The number of sulfonamides is 1. The molecule has 0 atom stereocenters. The van der Waals surface area contributed by atoms with Crippen molar-refractivity contribution in [1.29, 1.82) is 0 Å². The van der Waals surface area contributed by atoms with Crippen LogP contribution in [0.4, 0.5) is 10.7 Å². The lowest BCUT2D eigenvalue weighted by molar-refractivity contribution is -0.115. The second kappa shape index (κ2) is 9.53. The third-order valence-electron chi connectivity index (χ3n) is 6.60. The zero-order valence-corrected chi connectivity index (χ0v) is 21.7. The van der Waals surface area contributed by atoms with Gasteiger partial charge in [-0.2, -0.15) is 9.29 Å². The minimum absolute atomic E-state index is 0.154. The predicted octanol–water partition coefficient (Wildman–Crippen LogP) is 2.89. The summed E-state index contributed by atoms with van der Waals surface area (Å²) in [5.41, 5.74) is 1.26. The molecule has 194 valence electrons. The van der Waals surface area contributed by atoms with E-state index < -0.39 is 21.2 Å². The number of carbonyl (C=O) groups excluding carboxylic acids is 2. The number of ether oxygens (including phenoxy) is 1. The largest absolute Gasteiger partial charge is 0.473 e. The number of carbonyl (C=O) groups is 2. The van der Waals surface area contributed by atoms with E-state index in [2.05, 4.69) is 15.3 Å². The molecule has 3 aromatic rings. The molecule has 0 radical (unpaired) electrons. The molecular formula is C26H23N5O5S2. The van der Waals surface area contributed by atoms with Gasteiger partial charge in [-0.05, 0) is 35.5 Å². The Kier molecular flexibility index (Phi) is 6.17. The van der Waals surface area contributed by atoms with Crippen LogP contribution in [-0.4, -0.2) is 60.0 Å². The van der Waals surface area contributed by atoms with E-state index in [1.807, 2.05) is 35.2 Å². The second-order valence-corrected chi connectivity index (χ2v) is 12.5. The van der Waals surface area contributed by atoms with Crippen LogP contribution in [0.2, 0.25) is 0 Å². The third kappa shape index (κ3) is 4.77. The number of amides is 2. The second-order valence-electron chi connectivity index (χ2n) is 9.50. The summed E-state index contributed by atoms with van der Waals surface area (Å²) in [6, 6.07) is 19.7. The number of thioether (sulfide) groups is 1. The molecule has 6 rings (SSSR count). The maximum Gasteiger partial charge on any atom is 0.290 e. The number of benzene rings is 2. The Morgan fingerprint density at radius 3 is 2.32 bits per heavy atom. The maximum absolute atomic E-state index is 12.9. The van der Waals surface area contributed by atoms with Gasteiger partial charge in [-0.1, -0.05) is 48.5 Å². The van der Waals surface area contributed by atoms with Gasteiger partial charge in [-0.3, -0.25) is 14.9 Å². The van der Waals surface area contributed by atoms with Crippen LogP contribution in [0.3, 0.4) is 0 Å². The number of nitrogens with zero attached hydrogens (tertiary/aromatic N) is 4. The van der Waals surface area contributed by atoms with E-state index in [1.54, 1.807) is 42.5 Å². The van der Waals surface area contributed by atoms with Crippen LogP contribution in [0, 0.1) is 5.41 Å². The third-order valence-corrected chi connectivity index (χ3v) is 9.22. The van der Waals surface area contributed by atoms with Crippen LogP contribution in [0.15, 0.2) is 76.5 Å². The van der Waals surface area contributed by atoms with Gasteiger partial charge < -0.3 is 9.64 Å². The molecule has 38 heavy (non-hydrogen) atoms. The number of imide groups is 1. The lowest BCUT2D eigenvalue weighted by atomic mass is 9.74. The molecule has 1 spiro atoms. The molecule has 1 N–H and O–H groups in total. The number of hydrogen-bond acceptors (Lipinski definition) is 9. The smallest absolute Gasteiger partial charge is 0.290 e. The van der Waals surface area contributed by atoms with Crippen LogP contribution < -0.4 is 15.0 Å². The summed E-state index contributed by atoms with van der Waals surface area (Å²) in [5.74, 6) is 0.291. The van der Waals surface area contributed by atoms with E-state index in [9.17, 15) is 18.0 Å². The Hall–Kier alpha value is -3.74. The molecule has 10 nitrogen and oxygen atoms in total. The first-order valence-corrected chi connectivity index (χ1v) is 14.2. The highest BCUT2D eigenvalue weighted by molar-refractivity contribution is 8.18. The molecule has 12 heteroatoms. The summed E-state index contributed by atoms with van der Waals surface area (Å²) in [7, 11) is -3.51. The Morgan fingerprint density at radius 1 is 0.974 bits per heavy atom. The zero-order chi connectivity index (χ0) is 26.3. The fraction of sp³-hybridized carbons (Fsp3) is 0.231. The predicted molar refractivity (Wildman–Crippen MR) is 142 cm³/mol. The van der Waals surface area contributed by atoms with Crippen LogP contribution in [-0.2, 0) is 21.4 Å². The van der Waals surface area contributed by atoms with Gasteiger partial charge in [0.15, 0.2) is 0 Å².